The van der Waals surface area contributed by atoms with Crippen molar-refractivity contribution in [1.82, 2.24) is 14.7 Å². The van der Waals surface area contributed by atoms with Crippen molar-refractivity contribution < 1.29 is 9.53 Å². The highest BCUT2D eigenvalue weighted by Gasteiger charge is 2.10. The maximum Gasteiger partial charge on any atom is 0.248 e. The van der Waals surface area contributed by atoms with E-state index >= 15 is 0 Å². The summed E-state index contributed by atoms with van der Waals surface area (Å²) in [5.41, 5.74) is 3.08. The van der Waals surface area contributed by atoms with Gasteiger partial charge in [0.2, 0.25) is 5.91 Å². The maximum absolute atomic E-state index is 12.2. The molecular weight excluding hydrogens is 314 g/mol. The van der Waals surface area contributed by atoms with Crippen LogP contribution in [0.25, 0.3) is 5.69 Å². The van der Waals surface area contributed by atoms with E-state index in [1.54, 1.807) is 22.8 Å². The zero-order valence-corrected chi connectivity index (χ0v) is 14.2. The molecule has 0 radical (unpaired) electrons. The van der Waals surface area contributed by atoms with Crippen molar-refractivity contribution in [3.63, 3.8) is 0 Å². The molecule has 5 nitrogen and oxygen atoms in total. The minimum absolute atomic E-state index is 0.0413. The minimum Gasteiger partial charge on any atom is -0.367 e. The summed E-state index contributed by atoms with van der Waals surface area (Å²) >= 11 is 0. The number of nitrogens with zero attached hydrogens (tertiary/aromatic N) is 3. The first-order valence-electron chi connectivity index (χ1n) is 8.17. The minimum atomic E-state index is -0.0413. The van der Waals surface area contributed by atoms with Gasteiger partial charge >= 0.3 is 0 Å². The summed E-state index contributed by atoms with van der Waals surface area (Å²) in [5, 5.41) is 4.23. The van der Waals surface area contributed by atoms with Crippen LogP contribution in [0.3, 0.4) is 0 Å². The molecule has 5 heteroatoms. The zero-order valence-electron chi connectivity index (χ0n) is 14.2. The Morgan fingerprint density at radius 3 is 2.64 bits per heavy atom. The van der Waals surface area contributed by atoms with E-state index in [9.17, 15) is 4.79 Å². The number of ether oxygens (including phenoxy) is 1. The van der Waals surface area contributed by atoms with Gasteiger partial charge in [0.15, 0.2) is 0 Å². The van der Waals surface area contributed by atoms with Crippen LogP contribution in [0.4, 0.5) is 0 Å². The first kappa shape index (κ1) is 16.9. The standard InChI is InChI=1S/C20H21N3O2/c1-22(20(24)16-25-15-17-7-3-2-4-8-17)14-18-9-5-10-19(13-18)23-12-6-11-21-23/h2-13H,14-16H2,1H3. The Kier molecular flexibility index (Phi) is 5.59. The average molecular weight is 335 g/mol. The molecule has 128 valence electrons. The number of rotatable bonds is 7. The van der Waals surface area contributed by atoms with Crippen molar-refractivity contribution in [2.45, 2.75) is 13.2 Å². The number of hydrogen-bond donors (Lipinski definition) is 0. The lowest BCUT2D eigenvalue weighted by molar-refractivity contribution is -0.135. The summed E-state index contributed by atoms with van der Waals surface area (Å²) < 4.78 is 7.32. The van der Waals surface area contributed by atoms with E-state index < -0.39 is 0 Å². The van der Waals surface area contributed by atoms with Gasteiger partial charge in [0.25, 0.3) is 0 Å². The smallest absolute Gasteiger partial charge is 0.248 e. The van der Waals surface area contributed by atoms with Crippen LogP contribution in [-0.4, -0.2) is 34.2 Å². The second-order valence-corrected chi connectivity index (χ2v) is 5.85. The van der Waals surface area contributed by atoms with Crippen molar-refractivity contribution in [3.8, 4) is 5.69 Å². The molecule has 0 fully saturated rings. The van der Waals surface area contributed by atoms with E-state index in [0.717, 1.165) is 16.8 Å². The van der Waals surface area contributed by atoms with Crippen LogP contribution in [0, 0.1) is 0 Å². The van der Waals surface area contributed by atoms with Crippen molar-refractivity contribution >= 4 is 5.91 Å². The molecule has 0 aliphatic carbocycles. The summed E-state index contributed by atoms with van der Waals surface area (Å²) in [7, 11) is 1.79. The summed E-state index contributed by atoms with van der Waals surface area (Å²) in [4.78, 5) is 13.9. The molecule has 1 amide bonds. The molecule has 0 saturated carbocycles. The topological polar surface area (TPSA) is 47.4 Å². The molecule has 0 bridgehead atoms. The Labute approximate surface area is 147 Å². The van der Waals surface area contributed by atoms with Crippen molar-refractivity contribution in [3.05, 3.63) is 84.2 Å². The molecule has 0 N–H and O–H groups in total. The van der Waals surface area contributed by atoms with Gasteiger partial charge in [0.1, 0.15) is 6.61 Å². The lowest BCUT2D eigenvalue weighted by Crippen LogP contribution is -2.29. The Bertz CT molecular complexity index is 801. The van der Waals surface area contributed by atoms with Crippen LogP contribution in [0.15, 0.2) is 73.1 Å². The molecule has 0 unspecified atom stereocenters. The van der Waals surface area contributed by atoms with Gasteiger partial charge < -0.3 is 9.64 Å². The van der Waals surface area contributed by atoms with Crippen LogP contribution < -0.4 is 0 Å². The molecule has 3 rings (SSSR count). The Hall–Kier alpha value is -2.92. The predicted octanol–water partition coefficient (Wildman–Crippen LogP) is 3.05. The molecule has 2 aromatic carbocycles. The van der Waals surface area contributed by atoms with Crippen LogP contribution >= 0.6 is 0 Å². The second kappa shape index (κ2) is 8.26. The third-order valence-corrected chi connectivity index (χ3v) is 3.86. The first-order valence-corrected chi connectivity index (χ1v) is 8.17. The van der Waals surface area contributed by atoms with Gasteiger partial charge in [-0.25, -0.2) is 4.68 Å². The van der Waals surface area contributed by atoms with Crippen molar-refractivity contribution in [1.29, 1.82) is 0 Å². The number of hydrogen-bond acceptors (Lipinski definition) is 3. The quantitative estimate of drug-likeness (QED) is 0.667. The molecule has 0 atom stereocenters. The van der Waals surface area contributed by atoms with Crippen LogP contribution in [0.5, 0.6) is 0 Å². The molecule has 3 aromatic rings. The fourth-order valence-electron chi connectivity index (χ4n) is 2.52. The molecule has 0 aliphatic rings. The van der Waals surface area contributed by atoms with E-state index in [0.29, 0.717) is 13.2 Å². The second-order valence-electron chi connectivity index (χ2n) is 5.85. The number of carbonyl (C=O) groups is 1. The highest BCUT2D eigenvalue weighted by Crippen LogP contribution is 2.11. The largest absolute Gasteiger partial charge is 0.367 e. The summed E-state index contributed by atoms with van der Waals surface area (Å²) in [5.74, 6) is -0.0413. The third kappa shape index (κ3) is 4.78. The fraction of sp³-hybridized carbons (Fsp3) is 0.200. The van der Waals surface area contributed by atoms with Crippen molar-refractivity contribution in [2.24, 2.45) is 0 Å². The SMILES string of the molecule is CN(Cc1cccc(-n2cccn2)c1)C(=O)COCc1ccccc1. The number of amides is 1. The summed E-state index contributed by atoms with van der Waals surface area (Å²) in [6.45, 7) is 1.04. The monoisotopic (exact) mass is 335 g/mol. The molecule has 1 heterocycles. The van der Waals surface area contributed by atoms with E-state index in [1.165, 1.54) is 0 Å². The summed E-state index contributed by atoms with van der Waals surface area (Å²) in [6, 6.07) is 19.7. The van der Waals surface area contributed by atoms with E-state index in [1.807, 2.05) is 66.9 Å². The average Bonchev–Trinajstić information content (AvgIpc) is 3.17. The normalized spacial score (nSPS) is 10.6. The van der Waals surface area contributed by atoms with Crippen LogP contribution in [0.1, 0.15) is 11.1 Å². The highest BCUT2D eigenvalue weighted by atomic mass is 16.5. The molecule has 0 spiro atoms. The lowest BCUT2D eigenvalue weighted by atomic mass is 10.2. The molecule has 0 saturated heterocycles. The number of aromatic nitrogens is 2. The highest BCUT2D eigenvalue weighted by molar-refractivity contribution is 5.77. The Morgan fingerprint density at radius 1 is 1.08 bits per heavy atom. The van der Waals surface area contributed by atoms with E-state index in [2.05, 4.69) is 5.10 Å². The Balaban J connectivity index is 1.52. The lowest BCUT2D eigenvalue weighted by Gasteiger charge is -2.18. The van der Waals surface area contributed by atoms with Gasteiger partial charge in [0, 0.05) is 26.0 Å². The maximum atomic E-state index is 12.2. The van der Waals surface area contributed by atoms with Crippen LogP contribution in [0.2, 0.25) is 0 Å². The van der Waals surface area contributed by atoms with Gasteiger partial charge in [-0.3, -0.25) is 4.79 Å². The van der Waals surface area contributed by atoms with Gasteiger partial charge in [-0.2, -0.15) is 5.10 Å². The molecule has 25 heavy (non-hydrogen) atoms. The zero-order chi connectivity index (χ0) is 17.5. The van der Waals surface area contributed by atoms with E-state index in [4.69, 9.17) is 4.74 Å². The van der Waals surface area contributed by atoms with E-state index in [-0.39, 0.29) is 12.5 Å². The predicted molar refractivity (Wildman–Crippen MR) is 96.1 cm³/mol. The number of likely N-dealkylation sites (N-methyl/N-ethyl adjacent to an activating group) is 1. The number of benzene rings is 2. The third-order valence-electron chi connectivity index (χ3n) is 3.86. The molecule has 1 aromatic heterocycles. The van der Waals surface area contributed by atoms with Gasteiger partial charge in [0.05, 0.1) is 12.3 Å². The van der Waals surface area contributed by atoms with Crippen molar-refractivity contribution in [2.75, 3.05) is 13.7 Å². The summed E-state index contributed by atoms with van der Waals surface area (Å²) in [6.07, 6.45) is 3.64. The van der Waals surface area contributed by atoms with Crippen LogP contribution in [-0.2, 0) is 22.7 Å². The Morgan fingerprint density at radius 2 is 1.88 bits per heavy atom. The molecule has 0 aliphatic heterocycles. The van der Waals surface area contributed by atoms with Gasteiger partial charge in [-0.15, -0.1) is 0 Å². The molecular formula is C20H21N3O2. The first-order chi connectivity index (χ1) is 12.2. The van der Waals surface area contributed by atoms with Gasteiger partial charge in [-0.1, -0.05) is 42.5 Å². The number of carbonyl (C=O) groups excluding carboxylic acids is 1. The van der Waals surface area contributed by atoms with Gasteiger partial charge in [-0.05, 0) is 29.3 Å². The fourth-order valence-corrected chi connectivity index (χ4v) is 2.52.